The summed E-state index contributed by atoms with van der Waals surface area (Å²) in [4.78, 5) is 27.9. The van der Waals surface area contributed by atoms with Gasteiger partial charge in [-0.2, -0.15) is 0 Å². The third-order valence-electron chi connectivity index (χ3n) is 2.57. The van der Waals surface area contributed by atoms with Gasteiger partial charge < -0.3 is 4.74 Å². The predicted octanol–water partition coefficient (Wildman–Crippen LogP) is 2.07. The van der Waals surface area contributed by atoms with Gasteiger partial charge in [0.15, 0.2) is 0 Å². The van der Waals surface area contributed by atoms with E-state index in [1.165, 1.54) is 17.9 Å². The van der Waals surface area contributed by atoms with Crippen molar-refractivity contribution in [3.63, 3.8) is 0 Å². The van der Waals surface area contributed by atoms with E-state index in [4.69, 9.17) is 4.74 Å². The number of carbonyl (C=O) groups is 1. The lowest BCUT2D eigenvalue weighted by Gasteiger charge is -2.19. The predicted molar refractivity (Wildman–Crippen MR) is 71.4 cm³/mol. The normalized spacial score (nSPS) is 12.6. The lowest BCUT2D eigenvalue weighted by atomic mass is 10.0. The zero-order valence-electron chi connectivity index (χ0n) is 10.9. The summed E-state index contributed by atoms with van der Waals surface area (Å²) in [5, 5.41) is 0. The van der Waals surface area contributed by atoms with Crippen LogP contribution in [0.2, 0.25) is 0 Å². The molecule has 0 aliphatic carbocycles. The molecule has 0 aromatic carbocycles. The second-order valence-electron chi connectivity index (χ2n) is 4.53. The van der Waals surface area contributed by atoms with Crippen LogP contribution in [0.5, 0.6) is 0 Å². The average Bonchev–Trinajstić information content (AvgIpc) is 2.29. The van der Waals surface area contributed by atoms with Crippen LogP contribution in [-0.4, -0.2) is 22.6 Å². The average molecular weight is 317 g/mol. The molecule has 0 amide bonds. The number of ether oxygens (including phenoxy) is 1. The minimum absolute atomic E-state index is 0.269. The Balaban J connectivity index is 3.28. The fraction of sp³-hybridized carbons (Fsp3) is 0.583. The summed E-state index contributed by atoms with van der Waals surface area (Å²) < 4.78 is 6.68. The molecule has 0 bridgehead atoms. The SMILES string of the molecule is COC(=O)C(CC(C)C)n1cc(Br)nc(C)c1=O. The highest BCUT2D eigenvalue weighted by molar-refractivity contribution is 9.10. The molecule has 1 aromatic heterocycles. The molecule has 0 aliphatic heterocycles. The number of halogens is 1. The molecule has 0 spiro atoms. The monoisotopic (exact) mass is 316 g/mol. The van der Waals surface area contributed by atoms with Gasteiger partial charge in [-0.3, -0.25) is 9.36 Å². The molecular weight excluding hydrogens is 300 g/mol. The Morgan fingerprint density at radius 2 is 2.17 bits per heavy atom. The first-order valence-electron chi connectivity index (χ1n) is 5.70. The highest BCUT2D eigenvalue weighted by Crippen LogP contribution is 2.19. The first-order valence-corrected chi connectivity index (χ1v) is 6.49. The molecule has 5 nitrogen and oxygen atoms in total. The highest BCUT2D eigenvalue weighted by atomic mass is 79.9. The Morgan fingerprint density at radius 1 is 1.56 bits per heavy atom. The van der Waals surface area contributed by atoms with Gasteiger partial charge in [0.25, 0.3) is 5.56 Å². The zero-order valence-corrected chi connectivity index (χ0v) is 12.5. The Morgan fingerprint density at radius 3 is 2.67 bits per heavy atom. The lowest BCUT2D eigenvalue weighted by molar-refractivity contribution is -0.145. The van der Waals surface area contributed by atoms with Gasteiger partial charge >= 0.3 is 5.97 Å². The maximum Gasteiger partial charge on any atom is 0.328 e. The lowest BCUT2D eigenvalue weighted by Crippen LogP contribution is -2.33. The molecule has 0 saturated heterocycles. The summed E-state index contributed by atoms with van der Waals surface area (Å²) in [6.45, 7) is 5.60. The van der Waals surface area contributed by atoms with Crippen LogP contribution in [0, 0.1) is 12.8 Å². The molecule has 0 fully saturated rings. The number of methoxy groups -OCH3 is 1. The van der Waals surface area contributed by atoms with Crippen molar-refractivity contribution in [1.82, 2.24) is 9.55 Å². The van der Waals surface area contributed by atoms with Gasteiger partial charge in [0, 0.05) is 6.20 Å². The van der Waals surface area contributed by atoms with Crippen molar-refractivity contribution in [3.05, 3.63) is 26.8 Å². The van der Waals surface area contributed by atoms with Gasteiger partial charge in [0.05, 0.1) is 7.11 Å². The quantitative estimate of drug-likeness (QED) is 0.798. The Labute approximate surface area is 114 Å². The molecule has 0 aliphatic rings. The van der Waals surface area contributed by atoms with Gasteiger partial charge in [-0.25, -0.2) is 9.78 Å². The minimum Gasteiger partial charge on any atom is -0.467 e. The number of esters is 1. The molecule has 1 atom stereocenters. The van der Waals surface area contributed by atoms with Crippen LogP contribution >= 0.6 is 15.9 Å². The van der Waals surface area contributed by atoms with Gasteiger partial charge in [-0.05, 0) is 35.2 Å². The molecular formula is C12H17BrN2O3. The molecule has 1 aromatic rings. The van der Waals surface area contributed by atoms with Crippen LogP contribution in [0.4, 0.5) is 0 Å². The molecule has 18 heavy (non-hydrogen) atoms. The van der Waals surface area contributed by atoms with E-state index in [1.807, 2.05) is 13.8 Å². The van der Waals surface area contributed by atoms with Gasteiger partial charge in [-0.1, -0.05) is 13.8 Å². The van der Waals surface area contributed by atoms with E-state index in [2.05, 4.69) is 20.9 Å². The van der Waals surface area contributed by atoms with Crippen molar-refractivity contribution in [2.45, 2.75) is 33.2 Å². The Hall–Kier alpha value is -1.17. The molecule has 1 unspecified atom stereocenters. The number of hydrogen-bond donors (Lipinski definition) is 0. The molecule has 0 radical (unpaired) electrons. The van der Waals surface area contributed by atoms with E-state index in [9.17, 15) is 9.59 Å². The Bertz CT molecular complexity index is 497. The van der Waals surface area contributed by atoms with Crippen molar-refractivity contribution < 1.29 is 9.53 Å². The van der Waals surface area contributed by atoms with Crippen LogP contribution in [0.15, 0.2) is 15.6 Å². The van der Waals surface area contributed by atoms with Crippen LogP contribution in [0.1, 0.15) is 32.0 Å². The third kappa shape index (κ3) is 3.41. The third-order valence-corrected chi connectivity index (χ3v) is 2.95. The van der Waals surface area contributed by atoms with E-state index in [-0.39, 0.29) is 11.5 Å². The van der Waals surface area contributed by atoms with E-state index < -0.39 is 12.0 Å². The fourth-order valence-electron chi connectivity index (χ4n) is 1.73. The van der Waals surface area contributed by atoms with Crippen LogP contribution in [-0.2, 0) is 9.53 Å². The molecule has 100 valence electrons. The summed E-state index contributed by atoms with van der Waals surface area (Å²) in [7, 11) is 1.32. The van der Waals surface area contributed by atoms with Gasteiger partial charge in [-0.15, -0.1) is 0 Å². The smallest absolute Gasteiger partial charge is 0.328 e. The van der Waals surface area contributed by atoms with E-state index in [0.29, 0.717) is 16.7 Å². The van der Waals surface area contributed by atoms with Crippen molar-refractivity contribution in [2.24, 2.45) is 5.92 Å². The van der Waals surface area contributed by atoms with E-state index in [0.717, 1.165) is 0 Å². The van der Waals surface area contributed by atoms with Crippen LogP contribution in [0.25, 0.3) is 0 Å². The summed E-state index contributed by atoms with van der Waals surface area (Å²) in [6.07, 6.45) is 2.07. The summed E-state index contributed by atoms with van der Waals surface area (Å²) >= 11 is 3.23. The number of carbonyl (C=O) groups excluding carboxylic acids is 1. The molecule has 6 heteroatoms. The zero-order chi connectivity index (χ0) is 13.9. The van der Waals surface area contributed by atoms with Crippen molar-refractivity contribution >= 4 is 21.9 Å². The second kappa shape index (κ2) is 6.13. The van der Waals surface area contributed by atoms with E-state index in [1.54, 1.807) is 6.92 Å². The molecule has 0 saturated carbocycles. The molecule has 1 heterocycles. The highest BCUT2D eigenvalue weighted by Gasteiger charge is 2.24. The standard InChI is InChI=1S/C12H17BrN2O3/c1-7(2)5-9(12(17)18-4)15-6-10(13)14-8(3)11(15)16/h6-7,9H,5H2,1-4H3. The number of aryl methyl sites for hydroxylation is 1. The summed E-state index contributed by atoms with van der Waals surface area (Å²) in [6, 6.07) is -0.611. The largest absolute Gasteiger partial charge is 0.467 e. The number of hydrogen-bond acceptors (Lipinski definition) is 4. The fourth-order valence-corrected chi connectivity index (χ4v) is 2.22. The van der Waals surface area contributed by atoms with E-state index >= 15 is 0 Å². The number of aromatic nitrogens is 2. The van der Waals surface area contributed by atoms with Crippen LogP contribution in [0.3, 0.4) is 0 Å². The summed E-state index contributed by atoms with van der Waals surface area (Å²) in [5.41, 5.74) is 0.0799. The summed E-state index contributed by atoms with van der Waals surface area (Å²) in [5.74, 6) is -0.142. The van der Waals surface area contributed by atoms with Gasteiger partial charge in [0.2, 0.25) is 0 Å². The maximum absolute atomic E-state index is 12.0. The first-order chi connectivity index (χ1) is 8.36. The first kappa shape index (κ1) is 14.9. The van der Waals surface area contributed by atoms with Gasteiger partial charge in [0.1, 0.15) is 16.3 Å². The van der Waals surface area contributed by atoms with Crippen molar-refractivity contribution in [2.75, 3.05) is 7.11 Å². The molecule has 0 N–H and O–H groups in total. The topological polar surface area (TPSA) is 61.2 Å². The minimum atomic E-state index is -0.611. The second-order valence-corrected chi connectivity index (χ2v) is 5.34. The Kier molecular flexibility index (Phi) is 5.07. The van der Waals surface area contributed by atoms with Crippen molar-refractivity contribution in [1.29, 1.82) is 0 Å². The number of rotatable bonds is 4. The van der Waals surface area contributed by atoms with Crippen molar-refractivity contribution in [3.8, 4) is 0 Å². The maximum atomic E-state index is 12.0. The molecule has 1 rings (SSSR count). The number of nitrogens with zero attached hydrogens (tertiary/aromatic N) is 2. The van der Waals surface area contributed by atoms with Crippen LogP contribution < -0.4 is 5.56 Å².